The maximum Gasteiger partial charge on any atom is 0.122 e. The maximum absolute atomic E-state index is 4.94. The molecule has 0 bridgehead atoms. The quantitative estimate of drug-likeness (QED) is 0.218. The lowest BCUT2D eigenvalue weighted by Crippen LogP contribution is -1.97. The van der Waals surface area contributed by atoms with Gasteiger partial charge in [-0.15, -0.1) is 10.2 Å². The van der Waals surface area contributed by atoms with Crippen LogP contribution in [0.1, 0.15) is 0 Å². The molecule has 9 rings (SSSR count). The van der Waals surface area contributed by atoms with Crippen LogP contribution in [0.3, 0.4) is 0 Å². The van der Waals surface area contributed by atoms with Crippen LogP contribution in [0.4, 0.5) is 0 Å². The van der Waals surface area contributed by atoms with E-state index in [1.165, 1.54) is 43.4 Å². The van der Waals surface area contributed by atoms with Crippen molar-refractivity contribution in [2.75, 3.05) is 0 Å². The first-order valence-corrected chi connectivity index (χ1v) is 13.5. The van der Waals surface area contributed by atoms with Crippen molar-refractivity contribution in [3.05, 3.63) is 133 Å². The van der Waals surface area contributed by atoms with Gasteiger partial charge in [-0.25, -0.2) is 0 Å². The summed E-state index contributed by atoms with van der Waals surface area (Å²) in [6.07, 6.45) is 0. The second-order valence-corrected chi connectivity index (χ2v) is 10.4. The molecule has 0 atom stereocenters. The van der Waals surface area contributed by atoms with Crippen molar-refractivity contribution >= 4 is 65.2 Å². The number of rotatable bonds is 2. The summed E-state index contributed by atoms with van der Waals surface area (Å²) >= 11 is 0. The van der Waals surface area contributed by atoms with Gasteiger partial charge in [0.2, 0.25) is 0 Å². The van der Waals surface area contributed by atoms with E-state index in [-0.39, 0.29) is 0 Å². The van der Waals surface area contributed by atoms with Gasteiger partial charge in [0.05, 0.1) is 16.7 Å². The number of aromatic nitrogens is 4. The molecule has 4 nitrogen and oxygen atoms in total. The molecule has 7 aromatic carbocycles. The molecule has 2 aromatic heterocycles. The first-order chi connectivity index (χ1) is 19.8. The molecule has 0 spiro atoms. The molecular formula is C36H22N4. The zero-order valence-corrected chi connectivity index (χ0v) is 21.5. The minimum atomic E-state index is 0.891. The van der Waals surface area contributed by atoms with Gasteiger partial charge in [-0.05, 0) is 75.5 Å². The molecule has 9 aromatic rings. The molecule has 0 amide bonds. The summed E-state index contributed by atoms with van der Waals surface area (Å²) < 4.78 is 2.40. The third-order valence-corrected chi connectivity index (χ3v) is 8.12. The Morgan fingerprint density at radius 1 is 0.425 bits per heavy atom. The summed E-state index contributed by atoms with van der Waals surface area (Å²) in [4.78, 5) is 1.74. The smallest absolute Gasteiger partial charge is 0.122 e. The highest BCUT2D eigenvalue weighted by molar-refractivity contribution is 6.19. The Morgan fingerprint density at radius 3 is 2.08 bits per heavy atom. The van der Waals surface area contributed by atoms with Gasteiger partial charge in [-0.1, -0.05) is 84.9 Å². The number of nitrogens with zero attached hydrogens (tertiary/aromatic N) is 4. The van der Waals surface area contributed by atoms with Crippen molar-refractivity contribution in [1.29, 1.82) is 0 Å². The molecule has 0 unspecified atom stereocenters. The van der Waals surface area contributed by atoms with Crippen LogP contribution >= 0.6 is 0 Å². The van der Waals surface area contributed by atoms with Gasteiger partial charge in [0.1, 0.15) is 11.0 Å². The van der Waals surface area contributed by atoms with Crippen molar-refractivity contribution in [2.45, 2.75) is 0 Å². The summed E-state index contributed by atoms with van der Waals surface area (Å²) in [5.41, 5.74) is 6.33. The molecule has 0 fully saturated rings. The summed E-state index contributed by atoms with van der Waals surface area (Å²) in [6, 6.07) is 47.4. The molecule has 40 heavy (non-hydrogen) atoms. The van der Waals surface area contributed by atoms with Crippen LogP contribution in [0.5, 0.6) is 0 Å². The Morgan fingerprint density at radius 2 is 1.18 bits per heavy atom. The minimum absolute atomic E-state index is 0.891. The van der Waals surface area contributed by atoms with E-state index >= 15 is 0 Å². The molecule has 0 saturated carbocycles. The first-order valence-electron chi connectivity index (χ1n) is 13.5. The molecule has 2 heterocycles. The van der Waals surface area contributed by atoms with Crippen molar-refractivity contribution in [2.24, 2.45) is 0 Å². The molecular weight excluding hydrogens is 488 g/mol. The average molecular weight is 511 g/mol. The third-order valence-electron chi connectivity index (χ3n) is 8.12. The number of para-hydroxylation sites is 2. The lowest BCUT2D eigenvalue weighted by atomic mass is 10.00. The Balaban J connectivity index is 1.31. The Hall–Kier alpha value is -5.48. The fraction of sp³-hybridized carbons (Fsp3) is 0. The summed E-state index contributed by atoms with van der Waals surface area (Å²) in [7, 11) is 0. The molecule has 186 valence electrons. The van der Waals surface area contributed by atoms with Gasteiger partial charge in [0.15, 0.2) is 0 Å². The molecule has 0 aliphatic carbocycles. The minimum Gasteiger partial charge on any atom is -0.309 e. The Kier molecular flexibility index (Phi) is 4.30. The summed E-state index contributed by atoms with van der Waals surface area (Å²) in [5.74, 6) is 0. The molecule has 0 radical (unpaired) electrons. The first kappa shape index (κ1) is 21.5. The van der Waals surface area contributed by atoms with Gasteiger partial charge in [-0.3, -0.25) is 0 Å². The van der Waals surface area contributed by atoms with Gasteiger partial charge in [-0.2, -0.15) is 4.80 Å². The SMILES string of the molecule is c1ccc(-n2nc3ccc4ccc5cc(-n6c7ccccc7c7cc8ccccc8cc76)ccc5c4c3n2)cc1. The number of hydrogen-bond donors (Lipinski definition) is 0. The standard InChI is InChI=1S/C36H22N4/c1-2-10-27(11-3-1)40-37-32-19-16-23-14-15-26-20-28(17-18-29(26)35(23)36(32)38-40)39-33-13-7-6-12-30(33)31-21-24-8-4-5-9-25(24)22-34(31)39/h1-22H. The number of fused-ring (bicyclic) bond motifs is 9. The van der Waals surface area contributed by atoms with E-state index in [1.807, 2.05) is 30.3 Å². The van der Waals surface area contributed by atoms with Crippen molar-refractivity contribution in [1.82, 2.24) is 19.6 Å². The monoisotopic (exact) mass is 510 g/mol. The van der Waals surface area contributed by atoms with Crippen LogP contribution in [-0.2, 0) is 0 Å². The van der Waals surface area contributed by atoms with E-state index in [9.17, 15) is 0 Å². The van der Waals surface area contributed by atoms with Gasteiger partial charge in [0, 0.05) is 21.8 Å². The summed E-state index contributed by atoms with van der Waals surface area (Å²) in [6.45, 7) is 0. The maximum atomic E-state index is 4.94. The Labute approximate surface area is 229 Å². The van der Waals surface area contributed by atoms with Crippen molar-refractivity contribution in [3.8, 4) is 11.4 Å². The molecule has 0 N–H and O–H groups in total. The molecule has 0 aliphatic heterocycles. The lowest BCUT2D eigenvalue weighted by Gasteiger charge is -2.11. The third kappa shape index (κ3) is 3.01. The highest BCUT2D eigenvalue weighted by Gasteiger charge is 2.15. The van der Waals surface area contributed by atoms with Crippen LogP contribution in [0.15, 0.2) is 133 Å². The van der Waals surface area contributed by atoms with E-state index < -0.39 is 0 Å². The lowest BCUT2D eigenvalue weighted by molar-refractivity contribution is 0.766. The van der Waals surface area contributed by atoms with Gasteiger partial charge < -0.3 is 4.57 Å². The van der Waals surface area contributed by atoms with E-state index in [0.29, 0.717) is 0 Å². The highest BCUT2D eigenvalue weighted by atomic mass is 15.5. The van der Waals surface area contributed by atoms with Crippen LogP contribution in [-0.4, -0.2) is 19.6 Å². The second kappa shape index (κ2) is 8.01. The second-order valence-electron chi connectivity index (χ2n) is 10.4. The summed E-state index contributed by atoms with van der Waals surface area (Å²) in [5, 5.41) is 19.4. The van der Waals surface area contributed by atoms with Crippen LogP contribution < -0.4 is 0 Å². The Bertz CT molecular complexity index is 2430. The van der Waals surface area contributed by atoms with E-state index in [4.69, 9.17) is 10.2 Å². The van der Waals surface area contributed by atoms with Gasteiger partial charge in [0.25, 0.3) is 0 Å². The molecule has 0 saturated heterocycles. The van der Waals surface area contributed by atoms with Crippen LogP contribution in [0, 0.1) is 0 Å². The predicted molar refractivity (Wildman–Crippen MR) is 166 cm³/mol. The predicted octanol–water partition coefficient (Wildman–Crippen LogP) is 8.98. The fourth-order valence-corrected chi connectivity index (χ4v) is 6.26. The molecule has 4 heteroatoms. The fourth-order valence-electron chi connectivity index (χ4n) is 6.26. The largest absolute Gasteiger partial charge is 0.309 e. The highest BCUT2D eigenvalue weighted by Crippen LogP contribution is 2.37. The van der Waals surface area contributed by atoms with Crippen molar-refractivity contribution < 1.29 is 0 Å². The molecule has 0 aliphatic rings. The van der Waals surface area contributed by atoms with Gasteiger partial charge >= 0.3 is 0 Å². The van der Waals surface area contributed by atoms with E-state index in [1.54, 1.807) is 4.80 Å². The van der Waals surface area contributed by atoms with E-state index in [0.717, 1.165) is 33.2 Å². The van der Waals surface area contributed by atoms with Crippen LogP contribution in [0.2, 0.25) is 0 Å². The van der Waals surface area contributed by atoms with E-state index in [2.05, 4.69) is 108 Å². The number of benzene rings is 7. The number of hydrogen-bond acceptors (Lipinski definition) is 2. The average Bonchev–Trinajstić information content (AvgIpc) is 3.59. The normalized spacial score (nSPS) is 12.0. The zero-order valence-electron chi connectivity index (χ0n) is 21.5. The topological polar surface area (TPSA) is 35.6 Å². The van der Waals surface area contributed by atoms with Crippen molar-refractivity contribution in [3.63, 3.8) is 0 Å². The van der Waals surface area contributed by atoms with Crippen LogP contribution in [0.25, 0.3) is 76.5 Å². The zero-order chi connectivity index (χ0) is 26.2.